The maximum atomic E-state index is 12.4. The SMILES string of the molecule is CC(CN)N(C)C(=O)c1cccc(CN2CCCC2)c1. The first-order valence-corrected chi connectivity index (χ1v) is 7.40. The molecule has 4 heteroatoms. The second-order valence-corrected chi connectivity index (χ2v) is 5.68. The molecule has 0 spiro atoms. The molecule has 0 radical (unpaired) electrons. The van der Waals surface area contributed by atoms with Crippen molar-refractivity contribution in [1.82, 2.24) is 9.80 Å². The maximum Gasteiger partial charge on any atom is 0.253 e. The highest BCUT2D eigenvalue weighted by Crippen LogP contribution is 2.15. The van der Waals surface area contributed by atoms with E-state index in [-0.39, 0.29) is 11.9 Å². The Hall–Kier alpha value is -1.39. The Morgan fingerprint density at radius 2 is 2.10 bits per heavy atom. The average Bonchev–Trinajstić information content (AvgIpc) is 2.98. The van der Waals surface area contributed by atoms with Crippen LogP contribution in [0.25, 0.3) is 0 Å². The predicted molar refractivity (Wildman–Crippen MR) is 81.6 cm³/mol. The van der Waals surface area contributed by atoms with E-state index in [1.54, 1.807) is 4.90 Å². The van der Waals surface area contributed by atoms with Gasteiger partial charge in [-0.2, -0.15) is 0 Å². The first-order chi connectivity index (χ1) is 9.61. The highest BCUT2D eigenvalue weighted by Gasteiger charge is 2.17. The van der Waals surface area contributed by atoms with Gasteiger partial charge in [0.2, 0.25) is 0 Å². The molecule has 1 aromatic rings. The Morgan fingerprint density at radius 1 is 1.40 bits per heavy atom. The molecule has 2 N–H and O–H groups in total. The number of carbonyl (C=O) groups is 1. The van der Waals surface area contributed by atoms with Gasteiger partial charge in [0.05, 0.1) is 0 Å². The predicted octanol–water partition coefficient (Wildman–Crippen LogP) is 1.70. The monoisotopic (exact) mass is 275 g/mol. The normalized spacial score (nSPS) is 17.1. The lowest BCUT2D eigenvalue weighted by Crippen LogP contribution is -2.39. The molecule has 0 bridgehead atoms. The van der Waals surface area contributed by atoms with Crippen LogP contribution in [0.1, 0.15) is 35.7 Å². The lowest BCUT2D eigenvalue weighted by atomic mass is 10.1. The van der Waals surface area contributed by atoms with E-state index >= 15 is 0 Å². The van der Waals surface area contributed by atoms with Crippen LogP contribution in [-0.4, -0.2) is 48.4 Å². The number of amides is 1. The van der Waals surface area contributed by atoms with E-state index in [0.717, 1.165) is 12.1 Å². The Labute approximate surface area is 121 Å². The van der Waals surface area contributed by atoms with Crippen LogP contribution in [0, 0.1) is 0 Å². The Kier molecular flexibility index (Phi) is 5.15. The minimum atomic E-state index is 0.0474. The fraction of sp³-hybridized carbons (Fsp3) is 0.562. The number of nitrogens with two attached hydrogens (primary N) is 1. The summed E-state index contributed by atoms with van der Waals surface area (Å²) in [6.45, 7) is 5.73. The van der Waals surface area contributed by atoms with Crippen molar-refractivity contribution in [3.63, 3.8) is 0 Å². The minimum Gasteiger partial charge on any atom is -0.338 e. The third kappa shape index (κ3) is 3.58. The van der Waals surface area contributed by atoms with Crippen molar-refractivity contribution in [2.75, 3.05) is 26.7 Å². The van der Waals surface area contributed by atoms with Crippen LogP contribution in [0.3, 0.4) is 0 Å². The van der Waals surface area contributed by atoms with Gasteiger partial charge in [-0.05, 0) is 50.6 Å². The third-order valence-electron chi connectivity index (χ3n) is 4.10. The summed E-state index contributed by atoms with van der Waals surface area (Å²) < 4.78 is 0. The topological polar surface area (TPSA) is 49.6 Å². The van der Waals surface area contributed by atoms with Crippen molar-refractivity contribution in [3.8, 4) is 0 Å². The number of rotatable bonds is 5. The molecule has 1 fully saturated rings. The summed E-state index contributed by atoms with van der Waals surface area (Å²) in [5.74, 6) is 0.0474. The van der Waals surface area contributed by atoms with Crippen LogP contribution in [0.4, 0.5) is 0 Å². The standard InChI is InChI=1S/C16H25N3O/c1-13(11-17)18(2)16(20)15-7-5-6-14(10-15)12-19-8-3-4-9-19/h5-7,10,13H,3-4,8-9,11-12,17H2,1-2H3. The zero-order chi connectivity index (χ0) is 14.5. The van der Waals surface area contributed by atoms with E-state index in [0.29, 0.717) is 6.54 Å². The lowest BCUT2D eigenvalue weighted by molar-refractivity contribution is 0.0748. The summed E-state index contributed by atoms with van der Waals surface area (Å²) in [5.41, 5.74) is 7.60. The molecule has 1 aliphatic heterocycles. The zero-order valence-electron chi connectivity index (χ0n) is 12.5. The van der Waals surface area contributed by atoms with Crippen molar-refractivity contribution in [3.05, 3.63) is 35.4 Å². The molecular formula is C16H25N3O. The molecule has 1 heterocycles. The van der Waals surface area contributed by atoms with E-state index in [1.165, 1.54) is 31.5 Å². The molecule has 1 aromatic carbocycles. The number of likely N-dealkylation sites (N-methyl/N-ethyl adjacent to an activating group) is 1. The summed E-state index contributed by atoms with van der Waals surface area (Å²) in [4.78, 5) is 16.5. The van der Waals surface area contributed by atoms with Gasteiger partial charge in [-0.3, -0.25) is 9.69 Å². The molecule has 110 valence electrons. The summed E-state index contributed by atoms with van der Waals surface area (Å²) in [6.07, 6.45) is 2.57. The summed E-state index contributed by atoms with van der Waals surface area (Å²) >= 11 is 0. The Balaban J connectivity index is 2.06. The molecule has 4 nitrogen and oxygen atoms in total. The molecule has 0 aromatic heterocycles. The maximum absolute atomic E-state index is 12.4. The van der Waals surface area contributed by atoms with Crippen molar-refractivity contribution in [2.45, 2.75) is 32.4 Å². The van der Waals surface area contributed by atoms with Gasteiger partial charge in [-0.25, -0.2) is 0 Å². The molecule has 1 saturated heterocycles. The highest BCUT2D eigenvalue weighted by atomic mass is 16.2. The molecule has 0 aliphatic carbocycles. The fourth-order valence-corrected chi connectivity index (χ4v) is 2.56. The lowest BCUT2D eigenvalue weighted by Gasteiger charge is -2.24. The summed E-state index contributed by atoms with van der Waals surface area (Å²) in [5, 5.41) is 0. The molecule has 1 aliphatic rings. The smallest absolute Gasteiger partial charge is 0.253 e. The molecule has 1 unspecified atom stereocenters. The number of carbonyl (C=O) groups excluding carboxylic acids is 1. The summed E-state index contributed by atoms with van der Waals surface area (Å²) in [6, 6.07) is 8.03. The van der Waals surface area contributed by atoms with E-state index in [1.807, 2.05) is 32.2 Å². The number of benzene rings is 1. The van der Waals surface area contributed by atoms with Gasteiger partial charge in [-0.1, -0.05) is 12.1 Å². The molecule has 20 heavy (non-hydrogen) atoms. The minimum absolute atomic E-state index is 0.0474. The van der Waals surface area contributed by atoms with Crippen LogP contribution in [-0.2, 0) is 6.54 Å². The van der Waals surface area contributed by atoms with Crippen LogP contribution >= 0.6 is 0 Å². The van der Waals surface area contributed by atoms with E-state index in [2.05, 4.69) is 11.0 Å². The van der Waals surface area contributed by atoms with Gasteiger partial charge in [0.25, 0.3) is 5.91 Å². The van der Waals surface area contributed by atoms with Gasteiger partial charge in [0.1, 0.15) is 0 Å². The largest absolute Gasteiger partial charge is 0.338 e. The first-order valence-electron chi connectivity index (χ1n) is 7.40. The molecule has 2 rings (SSSR count). The van der Waals surface area contributed by atoms with Crippen molar-refractivity contribution in [2.24, 2.45) is 5.73 Å². The first kappa shape index (κ1) is 15.0. The molecule has 0 saturated carbocycles. The average molecular weight is 275 g/mol. The highest BCUT2D eigenvalue weighted by molar-refractivity contribution is 5.94. The molecule has 1 atom stereocenters. The molecular weight excluding hydrogens is 250 g/mol. The van der Waals surface area contributed by atoms with Crippen LogP contribution in [0.2, 0.25) is 0 Å². The Bertz CT molecular complexity index is 455. The second-order valence-electron chi connectivity index (χ2n) is 5.68. The van der Waals surface area contributed by atoms with Gasteiger partial charge in [0.15, 0.2) is 0 Å². The number of hydrogen-bond acceptors (Lipinski definition) is 3. The van der Waals surface area contributed by atoms with Crippen LogP contribution < -0.4 is 5.73 Å². The third-order valence-corrected chi connectivity index (χ3v) is 4.10. The van der Waals surface area contributed by atoms with Crippen molar-refractivity contribution in [1.29, 1.82) is 0 Å². The number of likely N-dealkylation sites (tertiary alicyclic amines) is 1. The van der Waals surface area contributed by atoms with Gasteiger partial charge >= 0.3 is 0 Å². The van der Waals surface area contributed by atoms with E-state index in [9.17, 15) is 4.79 Å². The van der Waals surface area contributed by atoms with Gasteiger partial charge in [0, 0.05) is 31.7 Å². The van der Waals surface area contributed by atoms with Crippen molar-refractivity contribution < 1.29 is 4.79 Å². The molecule has 1 amide bonds. The van der Waals surface area contributed by atoms with Gasteiger partial charge in [-0.15, -0.1) is 0 Å². The second kappa shape index (κ2) is 6.86. The van der Waals surface area contributed by atoms with Crippen LogP contribution in [0.15, 0.2) is 24.3 Å². The number of hydrogen-bond donors (Lipinski definition) is 1. The number of nitrogens with zero attached hydrogens (tertiary/aromatic N) is 2. The van der Waals surface area contributed by atoms with E-state index in [4.69, 9.17) is 5.73 Å². The quantitative estimate of drug-likeness (QED) is 0.890. The van der Waals surface area contributed by atoms with Gasteiger partial charge < -0.3 is 10.6 Å². The fourth-order valence-electron chi connectivity index (χ4n) is 2.56. The van der Waals surface area contributed by atoms with Crippen molar-refractivity contribution >= 4 is 5.91 Å². The van der Waals surface area contributed by atoms with E-state index < -0.39 is 0 Å². The van der Waals surface area contributed by atoms with Crippen LogP contribution in [0.5, 0.6) is 0 Å². The zero-order valence-corrected chi connectivity index (χ0v) is 12.5. The summed E-state index contributed by atoms with van der Waals surface area (Å²) in [7, 11) is 1.81. The Morgan fingerprint density at radius 3 is 2.75 bits per heavy atom.